The molecular formula is C7H14LrS2-2. The van der Waals surface area contributed by atoms with Gasteiger partial charge in [0, 0.05) is 5.25 Å². The molecule has 1 saturated heterocycles. The zero-order valence-corrected chi connectivity index (χ0v) is 10.1. The maximum Gasteiger partial charge on any atom is 0.0133 e. The van der Waals surface area contributed by atoms with Crippen molar-refractivity contribution >= 4 is 21.6 Å². The van der Waals surface area contributed by atoms with Crippen LogP contribution >= 0.6 is 21.6 Å². The van der Waals surface area contributed by atoms with Crippen LogP contribution in [0.25, 0.3) is 0 Å². The Morgan fingerprint density at radius 2 is 2.10 bits per heavy atom. The Hall–Kier alpha value is -0.300. The van der Waals surface area contributed by atoms with E-state index in [1.165, 1.54) is 12.8 Å². The van der Waals surface area contributed by atoms with Crippen LogP contribution in [0.15, 0.2) is 0 Å². The Morgan fingerprint density at radius 1 is 1.50 bits per heavy atom. The van der Waals surface area contributed by atoms with E-state index in [-0.39, 0.29) is 7.43 Å². The molecule has 0 aromatic rings. The largest absolute Gasteiger partial charge is 0.358 e. The van der Waals surface area contributed by atoms with E-state index in [9.17, 15) is 0 Å². The van der Waals surface area contributed by atoms with Gasteiger partial charge in [-0.3, -0.25) is 0 Å². The van der Waals surface area contributed by atoms with Crippen molar-refractivity contribution in [1.82, 2.24) is 0 Å². The monoisotopic (exact) mass is 424 g/mol. The first-order chi connectivity index (χ1) is 3.83. The Balaban J connectivity index is 0. The minimum atomic E-state index is 0. The molecule has 0 nitrogen and oxygen atoms in total. The molecule has 0 saturated carbocycles. The maximum absolute atomic E-state index is 3.98. The fourth-order valence-corrected chi connectivity index (χ4v) is 3.78. The number of hydrogen-bond acceptors (Lipinski definition) is 2. The molecule has 0 N–H and O–H groups in total. The van der Waals surface area contributed by atoms with Gasteiger partial charge in [-0.05, 0) is 6.42 Å². The summed E-state index contributed by atoms with van der Waals surface area (Å²) < 4.78 is 0. The Labute approximate surface area is 66.6 Å². The van der Waals surface area contributed by atoms with Gasteiger partial charge in [0.1, 0.15) is 0 Å². The Kier molecular flexibility index (Phi) is 6.79. The van der Waals surface area contributed by atoms with Gasteiger partial charge in [0.25, 0.3) is 0 Å². The number of rotatable bonds is 1. The Bertz CT molecular complexity index is 78.0. The molecule has 1 aliphatic rings. The maximum atomic E-state index is 3.98. The van der Waals surface area contributed by atoms with Crippen LogP contribution in [0.1, 0.15) is 19.8 Å². The van der Waals surface area contributed by atoms with E-state index in [4.69, 9.17) is 0 Å². The van der Waals surface area contributed by atoms with Gasteiger partial charge < -0.3 is 14.4 Å². The first-order valence-electron chi connectivity index (χ1n) is 2.98. The van der Waals surface area contributed by atoms with Gasteiger partial charge in [-0.1, -0.05) is 24.1 Å². The van der Waals surface area contributed by atoms with Crippen molar-refractivity contribution in [1.29, 1.82) is 0 Å². The van der Waals surface area contributed by atoms with Crippen molar-refractivity contribution in [3.63, 3.8) is 0 Å². The topological polar surface area (TPSA) is 0 Å². The summed E-state index contributed by atoms with van der Waals surface area (Å²) in [6, 6.07) is 0. The van der Waals surface area contributed by atoms with E-state index in [0.29, 0.717) is 5.25 Å². The average Bonchev–Trinajstić information content (AvgIpc) is 2.14. The molecular weight excluding hydrogens is 410 g/mol. The SMILES string of the molecule is [CH2-]C1CC(CC)SS1.[CH3-].[Lr]. The molecule has 1 fully saturated rings. The third kappa shape index (κ3) is 3.02. The van der Waals surface area contributed by atoms with Crippen LogP contribution in [0, 0.1) is 14.4 Å². The second-order valence-electron chi connectivity index (χ2n) is 2.08. The predicted molar refractivity (Wildman–Crippen MR) is 49.4 cm³/mol. The summed E-state index contributed by atoms with van der Waals surface area (Å²) in [6.07, 6.45) is 2.62. The average molecular weight is 424 g/mol. The molecule has 1 radical (unpaired) electrons. The van der Waals surface area contributed by atoms with Crippen molar-refractivity contribution in [2.24, 2.45) is 0 Å². The van der Waals surface area contributed by atoms with Crippen LogP contribution in [0.5, 0.6) is 0 Å². The van der Waals surface area contributed by atoms with E-state index in [2.05, 4.69) is 13.8 Å². The molecule has 71 valence electrons. The fraction of sp³-hybridized carbons (Fsp3) is 0.714. The van der Waals surface area contributed by atoms with Crippen LogP contribution in [-0.2, 0) is 0 Å². The summed E-state index contributed by atoms with van der Waals surface area (Å²) in [7, 11) is 3.94. The van der Waals surface area contributed by atoms with Crippen LogP contribution in [0.4, 0.5) is 0 Å². The third-order valence-corrected chi connectivity index (χ3v) is 4.65. The van der Waals surface area contributed by atoms with Crippen molar-refractivity contribution < 1.29 is 0 Å². The van der Waals surface area contributed by atoms with Gasteiger partial charge in [-0.15, -0.1) is 16.0 Å². The van der Waals surface area contributed by atoms with E-state index in [1.807, 2.05) is 21.6 Å². The van der Waals surface area contributed by atoms with Crippen molar-refractivity contribution in [2.75, 3.05) is 0 Å². The summed E-state index contributed by atoms with van der Waals surface area (Å²) in [5.41, 5.74) is 0. The van der Waals surface area contributed by atoms with Crippen LogP contribution in [-0.4, -0.2) is 10.5 Å². The quantitative estimate of drug-likeness (QED) is 0.469. The molecule has 0 spiro atoms. The summed E-state index contributed by atoms with van der Waals surface area (Å²) in [4.78, 5) is 0. The second-order valence-corrected chi connectivity index (χ2v) is 4.95. The second kappa shape index (κ2) is 5.48. The first-order valence-corrected chi connectivity index (χ1v) is 5.25. The van der Waals surface area contributed by atoms with E-state index in [1.54, 1.807) is 0 Å². The van der Waals surface area contributed by atoms with Crippen molar-refractivity contribution in [3.8, 4) is 0 Å². The van der Waals surface area contributed by atoms with E-state index < -0.39 is 0 Å². The van der Waals surface area contributed by atoms with Crippen LogP contribution < -0.4 is 0 Å². The van der Waals surface area contributed by atoms with Crippen molar-refractivity contribution in [2.45, 2.75) is 30.3 Å². The Morgan fingerprint density at radius 3 is 2.30 bits per heavy atom. The molecule has 0 aliphatic carbocycles. The molecule has 1 heterocycles. The van der Waals surface area contributed by atoms with Crippen molar-refractivity contribution in [3.05, 3.63) is 14.4 Å². The molecule has 2 unspecified atom stereocenters. The molecule has 0 aromatic carbocycles. The molecule has 1 rings (SSSR count). The van der Waals surface area contributed by atoms with Crippen LogP contribution in [0.2, 0.25) is 0 Å². The zero-order valence-electron chi connectivity index (χ0n) is 6.35. The van der Waals surface area contributed by atoms with Gasteiger partial charge >= 0.3 is 0 Å². The van der Waals surface area contributed by atoms with Gasteiger partial charge in [0.15, 0.2) is 0 Å². The minimum Gasteiger partial charge on any atom is -0.358 e. The molecule has 0 aromatic heterocycles. The van der Waals surface area contributed by atoms with E-state index in [0.717, 1.165) is 5.25 Å². The first kappa shape index (κ1) is 12.4. The summed E-state index contributed by atoms with van der Waals surface area (Å²) in [5.74, 6) is 0. The third-order valence-electron chi connectivity index (χ3n) is 1.31. The zero-order chi connectivity index (χ0) is 5.98. The number of hydrogen-bond donors (Lipinski definition) is 0. The molecule has 0 amide bonds. The summed E-state index contributed by atoms with van der Waals surface area (Å²) >= 11 is 0. The van der Waals surface area contributed by atoms with Gasteiger partial charge in [0.05, 0.1) is 0 Å². The molecule has 0 bridgehead atoms. The molecule has 1 aliphatic heterocycles. The normalized spacial score (nSPS) is 30.6. The van der Waals surface area contributed by atoms with Gasteiger partial charge in [0.2, 0.25) is 0 Å². The smallest absolute Gasteiger partial charge is 0.0133 e. The minimum absolute atomic E-state index is 0. The predicted octanol–water partition coefficient (Wildman–Crippen LogP) is 3.20. The standard InChI is InChI=1S/C6H11S2.CH3.Lr/c1-3-6-4-5(2)7-8-6;;/h5-6H,2-4H2,1H3;1H3;/q2*-1;. The molecule has 3 heteroatoms. The summed E-state index contributed by atoms with van der Waals surface area (Å²) in [5, 5.41) is 1.55. The fourth-order valence-electron chi connectivity index (χ4n) is 0.764. The van der Waals surface area contributed by atoms with Crippen LogP contribution in [0.3, 0.4) is 0 Å². The summed E-state index contributed by atoms with van der Waals surface area (Å²) in [6.45, 7) is 6.22. The molecule has 10 heavy (non-hydrogen) atoms. The molecule has 2 atom stereocenters. The van der Waals surface area contributed by atoms with E-state index >= 15 is 0 Å². The van der Waals surface area contributed by atoms with Gasteiger partial charge in [-0.25, -0.2) is 0 Å². The van der Waals surface area contributed by atoms with Gasteiger partial charge in [-0.2, -0.15) is 0 Å².